The first kappa shape index (κ1) is 25.1. The molecule has 35 heavy (non-hydrogen) atoms. The summed E-state index contributed by atoms with van der Waals surface area (Å²) < 4.78 is 38.2. The molecule has 1 fully saturated rings. The highest BCUT2D eigenvalue weighted by atomic mass is 32.2. The fraction of sp³-hybridized carbons (Fsp3) is 0.458. The first-order valence-corrected chi connectivity index (χ1v) is 13.3. The van der Waals surface area contributed by atoms with Crippen molar-refractivity contribution in [1.82, 2.24) is 18.8 Å². The molecule has 0 saturated carbocycles. The Morgan fingerprint density at radius 1 is 1.23 bits per heavy atom. The van der Waals surface area contributed by atoms with E-state index in [9.17, 15) is 13.2 Å². The van der Waals surface area contributed by atoms with Crippen molar-refractivity contribution in [3.63, 3.8) is 0 Å². The molecule has 4 rings (SSSR count). The van der Waals surface area contributed by atoms with Crippen molar-refractivity contribution in [3.8, 4) is 0 Å². The highest BCUT2D eigenvalue weighted by Gasteiger charge is 2.27. The molecule has 1 aliphatic rings. The van der Waals surface area contributed by atoms with Crippen LogP contribution in [-0.4, -0.2) is 65.8 Å². The number of methoxy groups -OCH3 is 1. The number of esters is 1. The largest absolute Gasteiger partial charge is 0.466 e. The lowest BCUT2D eigenvalue weighted by atomic mass is 10.1. The predicted octanol–water partition coefficient (Wildman–Crippen LogP) is 2.71. The molecule has 11 heteroatoms. The minimum Gasteiger partial charge on any atom is -0.466 e. The summed E-state index contributed by atoms with van der Waals surface area (Å²) in [6.07, 6.45) is 5.24. The van der Waals surface area contributed by atoms with Crippen LogP contribution in [-0.2, 0) is 37.4 Å². The van der Waals surface area contributed by atoms with Crippen molar-refractivity contribution in [2.75, 3.05) is 38.3 Å². The van der Waals surface area contributed by atoms with Gasteiger partial charge in [-0.3, -0.25) is 0 Å². The van der Waals surface area contributed by atoms with Gasteiger partial charge in [-0.05, 0) is 43.9 Å². The molecule has 2 N–H and O–H groups in total. The normalized spacial score (nSPS) is 16.1. The highest BCUT2D eigenvalue weighted by molar-refractivity contribution is 7.89. The molecular formula is C24H31N5O5S. The molecule has 0 radical (unpaired) electrons. The maximum absolute atomic E-state index is 12.1. The number of fused-ring (bicyclic) bond motifs is 3. The minimum absolute atomic E-state index is 0.243. The number of carbonyl (C=O) groups excluding carboxylic acids is 1. The number of nitrogens with two attached hydrogens (primary N) is 1. The van der Waals surface area contributed by atoms with Gasteiger partial charge in [0, 0.05) is 37.7 Å². The van der Waals surface area contributed by atoms with Crippen molar-refractivity contribution < 1.29 is 22.7 Å². The van der Waals surface area contributed by atoms with E-state index < -0.39 is 16.0 Å². The third-order valence-corrected chi connectivity index (χ3v) is 8.05. The van der Waals surface area contributed by atoms with Gasteiger partial charge in [0.15, 0.2) is 5.82 Å². The maximum atomic E-state index is 12.1. The number of hydrogen-bond donors (Lipinski definition) is 1. The SMILES string of the molecule is CCOCc1nc2c(N)nc3cc(C=CC(=O)OC)ccc3c2n1CCCCN1CCCS1(=O)=O. The van der Waals surface area contributed by atoms with Gasteiger partial charge in [0.2, 0.25) is 10.0 Å². The fourth-order valence-corrected chi connectivity index (χ4v) is 5.92. The van der Waals surface area contributed by atoms with Crippen molar-refractivity contribution in [2.45, 2.75) is 39.3 Å². The number of benzene rings is 1. The fourth-order valence-electron chi connectivity index (χ4n) is 4.36. The second-order valence-electron chi connectivity index (χ2n) is 8.42. The molecule has 0 unspecified atom stereocenters. The Hall–Kier alpha value is -3.02. The smallest absolute Gasteiger partial charge is 0.330 e. The van der Waals surface area contributed by atoms with E-state index in [4.69, 9.17) is 15.5 Å². The number of nitrogens with zero attached hydrogens (tertiary/aromatic N) is 4. The number of hydrogen-bond acceptors (Lipinski definition) is 8. The number of ether oxygens (including phenoxy) is 2. The lowest BCUT2D eigenvalue weighted by Gasteiger charge is -2.15. The summed E-state index contributed by atoms with van der Waals surface area (Å²) in [5.74, 6) is 0.883. The van der Waals surface area contributed by atoms with Crippen LogP contribution in [0.25, 0.3) is 28.0 Å². The number of aryl methyl sites for hydroxylation is 1. The van der Waals surface area contributed by atoms with E-state index in [1.807, 2.05) is 25.1 Å². The highest BCUT2D eigenvalue weighted by Crippen LogP contribution is 2.30. The third kappa shape index (κ3) is 5.47. The number of rotatable bonds is 10. The molecule has 0 amide bonds. The Morgan fingerprint density at radius 3 is 2.74 bits per heavy atom. The molecular weight excluding hydrogens is 470 g/mol. The Balaban J connectivity index is 1.66. The number of nitrogen functional groups attached to an aromatic ring is 1. The molecule has 188 valence electrons. The van der Waals surface area contributed by atoms with Gasteiger partial charge >= 0.3 is 5.97 Å². The molecule has 1 aliphatic heterocycles. The van der Waals surface area contributed by atoms with Gasteiger partial charge in [-0.15, -0.1) is 0 Å². The van der Waals surface area contributed by atoms with E-state index in [0.29, 0.717) is 56.1 Å². The van der Waals surface area contributed by atoms with E-state index in [0.717, 1.165) is 35.1 Å². The van der Waals surface area contributed by atoms with Crippen molar-refractivity contribution in [1.29, 1.82) is 0 Å². The van der Waals surface area contributed by atoms with Crippen molar-refractivity contribution in [3.05, 3.63) is 35.7 Å². The Morgan fingerprint density at radius 2 is 2.03 bits per heavy atom. The number of sulfonamides is 1. The van der Waals surface area contributed by atoms with Crippen LogP contribution in [0.5, 0.6) is 0 Å². The van der Waals surface area contributed by atoms with Crippen LogP contribution in [0, 0.1) is 0 Å². The number of imidazole rings is 1. The summed E-state index contributed by atoms with van der Waals surface area (Å²) >= 11 is 0. The van der Waals surface area contributed by atoms with Gasteiger partial charge < -0.3 is 19.8 Å². The molecule has 0 bridgehead atoms. The van der Waals surface area contributed by atoms with Crippen LogP contribution in [0.2, 0.25) is 0 Å². The van der Waals surface area contributed by atoms with E-state index >= 15 is 0 Å². The lowest BCUT2D eigenvalue weighted by molar-refractivity contribution is -0.134. The zero-order valence-corrected chi connectivity index (χ0v) is 20.9. The Labute approximate surface area is 204 Å². The summed E-state index contributed by atoms with van der Waals surface area (Å²) in [4.78, 5) is 20.7. The Kier molecular flexibility index (Phi) is 7.68. The van der Waals surface area contributed by atoms with Crippen LogP contribution in [0.3, 0.4) is 0 Å². The lowest BCUT2D eigenvalue weighted by Crippen LogP contribution is -2.26. The zero-order chi connectivity index (χ0) is 25.0. The molecule has 0 spiro atoms. The molecule has 1 aromatic carbocycles. The summed E-state index contributed by atoms with van der Waals surface area (Å²) in [6.45, 7) is 4.60. The van der Waals surface area contributed by atoms with Crippen LogP contribution in [0.15, 0.2) is 24.3 Å². The second-order valence-corrected chi connectivity index (χ2v) is 10.5. The number of carbonyl (C=O) groups is 1. The topological polar surface area (TPSA) is 130 Å². The second kappa shape index (κ2) is 10.7. The monoisotopic (exact) mass is 501 g/mol. The quantitative estimate of drug-likeness (QED) is 0.255. The predicted molar refractivity (Wildman–Crippen MR) is 135 cm³/mol. The van der Waals surface area contributed by atoms with Gasteiger partial charge in [0.25, 0.3) is 0 Å². The van der Waals surface area contributed by atoms with Gasteiger partial charge in [-0.1, -0.05) is 12.1 Å². The van der Waals surface area contributed by atoms with E-state index in [1.165, 1.54) is 13.2 Å². The zero-order valence-electron chi connectivity index (χ0n) is 20.1. The molecule has 0 atom stereocenters. The summed E-state index contributed by atoms with van der Waals surface area (Å²) in [6, 6.07) is 5.71. The average molecular weight is 502 g/mol. The van der Waals surface area contributed by atoms with Gasteiger partial charge in [0.05, 0.1) is 23.9 Å². The van der Waals surface area contributed by atoms with Gasteiger partial charge in [-0.25, -0.2) is 27.5 Å². The number of aromatic nitrogens is 3. The van der Waals surface area contributed by atoms with Crippen molar-refractivity contribution in [2.24, 2.45) is 0 Å². The number of anilines is 1. The molecule has 3 aromatic rings. The Bertz CT molecular complexity index is 1370. The van der Waals surface area contributed by atoms with Crippen LogP contribution in [0.1, 0.15) is 37.6 Å². The van der Waals surface area contributed by atoms with Gasteiger partial charge in [0.1, 0.15) is 17.9 Å². The molecule has 1 saturated heterocycles. The van der Waals surface area contributed by atoms with Crippen molar-refractivity contribution >= 4 is 49.8 Å². The summed E-state index contributed by atoms with van der Waals surface area (Å²) in [5, 5.41) is 0.891. The third-order valence-electron chi connectivity index (χ3n) is 6.10. The summed E-state index contributed by atoms with van der Waals surface area (Å²) in [5.41, 5.74) is 9.28. The summed E-state index contributed by atoms with van der Waals surface area (Å²) in [7, 11) is -1.76. The van der Waals surface area contributed by atoms with E-state index in [1.54, 1.807) is 10.4 Å². The van der Waals surface area contributed by atoms with Crippen LogP contribution < -0.4 is 5.73 Å². The minimum atomic E-state index is -3.09. The standard InChI is InChI=1S/C24H31N5O5S/c1-3-34-16-20-27-22-23(29(20)13-5-4-11-28-12-6-14-35(28,31)32)18-9-7-17(8-10-21(30)33-2)15-19(18)26-24(22)25/h7-10,15H,3-6,11-14,16H2,1-2H3,(H2,25,26). The molecule has 3 heterocycles. The van der Waals surface area contributed by atoms with Crippen LogP contribution in [0.4, 0.5) is 5.82 Å². The van der Waals surface area contributed by atoms with E-state index in [-0.39, 0.29) is 5.75 Å². The number of pyridine rings is 1. The average Bonchev–Trinajstić information content (AvgIpc) is 3.38. The van der Waals surface area contributed by atoms with Crippen LogP contribution >= 0.6 is 0 Å². The van der Waals surface area contributed by atoms with E-state index in [2.05, 4.69) is 14.3 Å². The van der Waals surface area contributed by atoms with Gasteiger partial charge in [-0.2, -0.15) is 0 Å². The first-order valence-electron chi connectivity index (χ1n) is 11.7. The molecule has 10 nitrogen and oxygen atoms in total. The number of unbranched alkanes of at least 4 members (excludes halogenated alkanes) is 1. The first-order chi connectivity index (χ1) is 16.8. The maximum Gasteiger partial charge on any atom is 0.330 e. The molecule has 0 aliphatic carbocycles. The molecule has 2 aromatic heterocycles.